The zero-order valence-corrected chi connectivity index (χ0v) is 15.4. The first-order valence-electron chi connectivity index (χ1n) is 9.50. The molecule has 4 rings (SSSR count). The minimum absolute atomic E-state index is 0.256. The molecule has 3 aromatic carbocycles. The largest absolute Gasteiger partial charge is 0.415 e. The van der Waals surface area contributed by atoms with Crippen LogP contribution in [0.25, 0.3) is 10.8 Å². The van der Waals surface area contributed by atoms with Crippen LogP contribution in [0.15, 0.2) is 72.8 Å². The minimum Gasteiger partial charge on any atom is -0.410 e. The van der Waals surface area contributed by atoms with Gasteiger partial charge in [-0.2, -0.15) is 0 Å². The Kier molecular flexibility index (Phi) is 5.35. The van der Waals surface area contributed by atoms with Crippen LogP contribution >= 0.6 is 0 Å². The average Bonchev–Trinajstić information content (AvgIpc) is 2.95. The van der Waals surface area contributed by atoms with Gasteiger partial charge in [-0.15, -0.1) is 0 Å². The number of carbonyl (C=O) groups excluding carboxylic acids is 1. The summed E-state index contributed by atoms with van der Waals surface area (Å²) in [5.41, 5.74) is 1.34. The number of para-hydroxylation sites is 1. The van der Waals surface area contributed by atoms with Crippen molar-refractivity contribution in [3.63, 3.8) is 0 Å². The van der Waals surface area contributed by atoms with E-state index in [9.17, 15) is 4.79 Å². The maximum atomic E-state index is 12.4. The van der Waals surface area contributed by atoms with Crippen molar-refractivity contribution < 1.29 is 9.53 Å². The van der Waals surface area contributed by atoms with Gasteiger partial charge in [0, 0.05) is 32.7 Å². The molecule has 0 bridgehead atoms. The number of amides is 1. The predicted molar refractivity (Wildman–Crippen MR) is 108 cm³/mol. The van der Waals surface area contributed by atoms with Crippen LogP contribution in [0, 0.1) is 0 Å². The molecular weight excluding hydrogens is 336 g/mol. The fourth-order valence-corrected chi connectivity index (χ4v) is 3.64. The van der Waals surface area contributed by atoms with Gasteiger partial charge in [-0.05, 0) is 34.9 Å². The van der Waals surface area contributed by atoms with Crippen LogP contribution in [-0.2, 0) is 6.54 Å². The van der Waals surface area contributed by atoms with Crippen LogP contribution in [0.4, 0.5) is 4.79 Å². The van der Waals surface area contributed by atoms with E-state index < -0.39 is 0 Å². The van der Waals surface area contributed by atoms with Crippen molar-refractivity contribution in [1.29, 1.82) is 0 Å². The average molecular weight is 360 g/mol. The molecule has 1 aliphatic heterocycles. The molecule has 4 heteroatoms. The highest BCUT2D eigenvalue weighted by Gasteiger charge is 2.21. The van der Waals surface area contributed by atoms with E-state index in [0.29, 0.717) is 12.3 Å². The van der Waals surface area contributed by atoms with Crippen molar-refractivity contribution in [2.45, 2.75) is 13.0 Å². The Morgan fingerprint density at radius 3 is 2.48 bits per heavy atom. The van der Waals surface area contributed by atoms with Crippen LogP contribution in [0.3, 0.4) is 0 Å². The summed E-state index contributed by atoms with van der Waals surface area (Å²) in [6.07, 6.45) is 0.697. The van der Waals surface area contributed by atoms with Crippen LogP contribution in [0.2, 0.25) is 0 Å². The molecule has 4 nitrogen and oxygen atoms in total. The molecule has 138 valence electrons. The lowest BCUT2D eigenvalue weighted by atomic mass is 10.0. The van der Waals surface area contributed by atoms with Gasteiger partial charge in [0.15, 0.2) is 0 Å². The lowest BCUT2D eigenvalue weighted by molar-refractivity contribution is 0.153. The third kappa shape index (κ3) is 4.29. The summed E-state index contributed by atoms with van der Waals surface area (Å²) in [5, 5.41) is 2.59. The quantitative estimate of drug-likeness (QED) is 0.687. The van der Waals surface area contributed by atoms with E-state index >= 15 is 0 Å². The maximum Gasteiger partial charge on any atom is 0.415 e. The van der Waals surface area contributed by atoms with Gasteiger partial charge in [0.2, 0.25) is 0 Å². The third-order valence-corrected chi connectivity index (χ3v) is 5.07. The summed E-state index contributed by atoms with van der Waals surface area (Å²) in [7, 11) is 0. The Labute approximate surface area is 160 Å². The molecule has 0 unspecified atom stereocenters. The zero-order chi connectivity index (χ0) is 18.5. The Hall–Kier alpha value is -2.85. The molecule has 1 amide bonds. The second-order valence-corrected chi connectivity index (χ2v) is 6.94. The molecule has 0 aliphatic carbocycles. The first-order chi connectivity index (χ1) is 13.3. The predicted octanol–water partition coefficient (Wildman–Crippen LogP) is 4.55. The smallest absolute Gasteiger partial charge is 0.410 e. The number of hydrogen-bond donors (Lipinski definition) is 0. The number of benzene rings is 3. The van der Waals surface area contributed by atoms with Gasteiger partial charge in [-0.1, -0.05) is 60.7 Å². The molecule has 1 aliphatic rings. The van der Waals surface area contributed by atoms with Crippen molar-refractivity contribution in [1.82, 2.24) is 9.80 Å². The van der Waals surface area contributed by atoms with Crippen LogP contribution < -0.4 is 4.74 Å². The number of hydrogen-bond acceptors (Lipinski definition) is 3. The van der Waals surface area contributed by atoms with Crippen LogP contribution in [0.5, 0.6) is 5.75 Å². The number of fused-ring (bicyclic) bond motifs is 1. The number of carbonyl (C=O) groups is 1. The third-order valence-electron chi connectivity index (χ3n) is 5.07. The SMILES string of the molecule is O=C(Oc1ccccc1)N1CCCN(Cc2cccc3ccccc23)CC1. The van der Waals surface area contributed by atoms with E-state index in [0.717, 1.165) is 32.6 Å². The zero-order valence-electron chi connectivity index (χ0n) is 15.4. The van der Waals surface area contributed by atoms with Gasteiger partial charge in [-0.3, -0.25) is 4.90 Å². The van der Waals surface area contributed by atoms with Crippen LogP contribution in [-0.4, -0.2) is 42.1 Å². The van der Waals surface area contributed by atoms with Crippen molar-refractivity contribution in [3.8, 4) is 5.75 Å². The summed E-state index contributed by atoms with van der Waals surface area (Å²) >= 11 is 0. The van der Waals surface area contributed by atoms with E-state index in [2.05, 4.69) is 47.4 Å². The van der Waals surface area contributed by atoms with E-state index in [1.165, 1.54) is 16.3 Å². The molecule has 0 radical (unpaired) electrons. The maximum absolute atomic E-state index is 12.4. The molecular formula is C23H24N2O2. The second-order valence-electron chi connectivity index (χ2n) is 6.94. The van der Waals surface area contributed by atoms with Gasteiger partial charge >= 0.3 is 6.09 Å². The first-order valence-corrected chi connectivity index (χ1v) is 9.50. The van der Waals surface area contributed by atoms with Gasteiger partial charge < -0.3 is 9.64 Å². The fraction of sp³-hybridized carbons (Fsp3) is 0.261. The Morgan fingerprint density at radius 1 is 0.815 bits per heavy atom. The van der Waals surface area contributed by atoms with Crippen molar-refractivity contribution >= 4 is 16.9 Å². The van der Waals surface area contributed by atoms with E-state index in [1.54, 1.807) is 0 Å². The van der Waals surface area contributed by atoms with E-state index in [4.69, 9.17) is 4.74 Å². The highest BCUT2D eigenvalue weighted by Crippen LogP contribution is 2.21. The molecule has 1 heterocycles. The molecule has 1 saturated heterocycles. The first kappa shape index (κ1) is 17.6. The summed E-state index contributed by atoms with van der Waals surface area (Å²) in [6.45, 7) is 4.17. The van der Waals surface area contributed by atoms with Gasteiger partial charge in [0.25, 0.3) is 0 Å². The summed E-state index contributed by atoms with van der Waals surface area (Å²) in [6, 6.07) is 24.3. The highest BCUT2D eigenvalue weighted by molar-refractivity contribution is 5.85. The molecule has 3 aromatic rings. The van der Waals surface area contributed by atoms with Gasteiger partial charge in [-0.25, -0.2) is 4.79 Å². The molecule has 0 spiro atoms. The summed E-state index contributed by atoms with van der Waals surface area (Å²) in [5.74, 6) is 0.597. The van der Waals surface area contributed by atoms with Gasteiger partial charge in [0.1, 0.15) is 5.75 Å². The Balaban J connectivity index is 1.39. The summed E-state index contributed by atoms with van der Waals surface area (Å²) in [4.78, 5) is 16.7. The normalized spacial score (nSPS) is 15.5. The summed E-state index contributed by atoms with van der Waals surface area (Å²) < 4.78 is 5.49. The lowest BCUT2D eigenvalue weighted by Gasteiger charge is -2.22. The standard InChI is InChI=1S/C23H24N2O2/c26-23(27-21-11-2-1-3-12-21)25-15-7-14-24(16-17-25)18-20-10-6-9-19-8-4-5-13-22(19)20/h1-6,8-13H,7,14-18H2. The minimum atomic E-state index is -0.256. The topological polar surface area (TPSA) is 32.8 Å². The lowest BCUT2D eigenvalue weighted by Crippen LogP contribution is -2.37. The van der Waals surface area contributed by atoms with Crippen LogP contribution in [0.1, 0.15) is 12.0 Å². The fourth-order valence-electron chi connectivity index (χ4n) is 3.64. The number of rotatable bonds is 3. The molecule has 0 aromatic heterocycles. The second kappa shape index (κ2) is 8.23. The van der Waals surface area contributed by atoms with Crippen molar-refractivity contribution in [2.75, 3.05) is 26.2 Å². The Morgan fingerprint density at radius 2 is 1.59 bits per heavy atom. The van der Waals surface area contributed by atoms with E-state index in [1.807, 2.05) is 35.2 Å². The number of nitrogens with zero attached hydrogens (tertiary/aromatic N) is 2. The highest BCUT2D eigenvalue weighted by atomic mass is 16.6. The Bertz CT molecular complexity index is 905. The molecule has 27 heavy (non-hydrogen) atoms. The molecule has 0 N–H and O–H groups in total. The molecule has 0 atom stereocenters. The van der Waals surface area contributed by atoms with Crippen molar-refractivity contribution in [3.05, 3.63) is 78.4 Å². The molecule has 1 fully saturated rings. The van der Waals surface area contributed by atoms with Crippen molar-refractivity contribution in [2.24, 2.45) is 0 Å². The van der Waals surface area contributed by atoms with Gasteiger partial charge in [0.05, 0.1) is 0 Å². The van der Waals surface area contributed by atoms with E-state index in [-0.39, 0.29) is 6.09 Å². The number of ether oxygens (including phenoxy) is 1. The monoisotopic (exact) mass is 360 g/mol. The molecule has 0 saturated carbocycles.